The smallest absolute Gasteiger partial charge is 0.348 e. The van der Waals surface area contributed by atoms with Crippen molar-refractivity contribution >= 4 is 34.2 Å². The number of carbonyl (C=O) groups is 3. The van der Waals surface area contributed by atoms with E-state index in [1.807, 2.05) is 0 Å². The van der Waals surface area contributed by atoms with Gasteiger partial charge in [-0.2, -0.15) is 5.10 Å². The fourth-order valence-corrected chi connectivity index (χ4v) is 3.61. The molecule has 0 bridgehead atoms. The number of hydrogen-bond acceptors (Lipinski definition) is 7. The molecule has 1 amide bonds. The maximum Gasteiger partial charge on any atom is 0.348 e. The number of thiophene rings is 1. The molecule has 0 aliphatic heterocycles. The minimum Gasteiger partial charge on any atom is -0.465 e. The molecular weight excluding hydrogens is 434 g/mol. The van der Waals surface area contributed by atoms with Crippen molar-refractivity contribution in [3.8, 4) is 0 Å². The molecule has 0 saturated carbocycles. The fourth-order valence-electron chi connectivity index (χ4n) is 2.50. The van der Waals surface area contributed by atoms with Crippen LogP contribution in [0.15, 0.2) is 6.07 Å². The Hall–Kier alpha value is -2.96. The molecule has 0 radical (unpaired) electrons. The lowest BCUT2D eigenvalue weighted by Crippen LogP contribution is -2.22. The van der Waals surface area contributed by atoms with Gasteiger partial charge in [0.15, 0.2) is 0 Å². The number of rotatable bonds is 8. The standard InChI is InChI=1S/C17H17F4N3O5S/c1-4-29-17(27)12-7(2)11(16(26)28-3)15(30-12)22-10(25)6-24-9(14(20)21)5-8(23-24)13(18)19/h5,13-14H,4,6H2,1-3H3,(H,22,25). The summed E-state index contributed by atoms with van der Waals surface area (Å²) < 4.78 is 61.7. The molecule has 0 saturated heterocycles. The Labute approximate surface area is 171 Å². The van der Waals surface area contributed by atoms with Crippen LogP contribution in [0.3, 0.4) is 0 Å². The second kappa shape index (κ2) is 9.69. The van der Waals surface area contributed by atoms with E-state index in [4.69, 9.17) is 4.74 Å². The number of amides is 1. The molecule has 2 heterocycles. The zero-order chi connectivity index (χ0) is 22.6. The van der Waals surface area contributed by atoms with Crippen molar-refractivity contribution in [3.05, 3.63) is 33.5 Å². The van der Waals surface area contributed by atoms with Crippen molar-refractivity contribution in [1.29, 1.82) is 0 Å². The average Bonchev–Trinajstić information content (AvgIpc) is 3.23. The van der Waals surface area contributed by atoms with Gasteiger partial charge in [-0.25, -0.2) is 27.2 Å². The summed E-state index contributed by atoms with van der Waals surface area (Å²) in [5.41, 5.74) is -1.66. The number of methoxy groups -OCH3 is 1. The zero-order valence-electron chi connectivity index (χ0n) is 16.0. The third-order valence-corrected chi connectivity index (χ3v) is 5.01. The number of nitrogens with one attached hydrogen (secondary N) is 1. The number of esters is 2. The molecule has 2 aromatic rings. The number of aromatic nitrogens is 2. The molecule has 0 atom stereocenters. The summed E-state index contributed by atoms with van der Waals surface area (Å²) in [6, 6.07) is 0.511. The molecule has 30 heavy (non-hydrogen) atoms. The number of anilines is 1. The van der Waals surface area contributed by atoms with Gasteiger partial charge >= 0.3 is 11.9 Å². The summed E-state index contributed by atoms with van der Waals surface area (Å²) in [4.78, 5) is 36.5. The second-order valence-corrected chi connectivity index (χ2v) is 6.79. The lowest BCUT2D eigenvalue weighted by molar-refractivity contribution is -0.117. The maximum absolute atomic E-state index is 13.1. The SMILES string of the molecule is CCOC(=O)c1sc(NC(=O)Cn2nc(C(F)F)cc2C(F)F)c(C(=O)OC)c1C. The van der Waals surface area contributed by atoms with Gasteiger partial charge in [-0.05, 0) is 25.5 Å². The van der Waals surface area contributed by atoms with Crippen molar-refractivity contribution < 1.29 is 41.4 Å². The molecule has 0 aliphatic rings. The summed E-state index contributed by atoms with van der Waals surface area (Å²) in [6.45, 7) is 2.29. The van der Waals surface area contributed by atoms with Crippen molar-refractivity contribution in [3.63, 3.8) is 0 Å². The average molecular weight is 451 g/mol. The summed E-state index contributed by atoms with van der Waals surface area (Å²) >= 11 is 0.732. The number of nitrogens with zero attached hydrogens (tertiary/aromatic N) is 2. The Morgan fingerprint density at radius 3 is 2.40 bits per heavy atom. The molecule has 0 spiro atoms. The highest BCUT2D eigenvalue weighted by Crippen LogP contribution is 2.34. The molecule has 2 aromatic heterocycles. The van der Waals surface area contributed by atoms with Gasteiger partial charge in [0.05, 0.1) is 19.3 Å². The third kappa shape index (κ3) is 4.96. The lowest BCUT2D eigenvalue weighted by Gasteiger charge is -2.08. The van der Waals surface area contributed by atoms with Crippen molar-refractivity contribution in [2.45, 2.75) is 33.2 Å². The second-order valence-electron chi connectivity index (χ2n) is 5.77. The number of carbonyl (C=O) groups excluding carboxylic acids is 3. The van der Waals surface area contributed by atoms with E-state index in [0.717, 1.165) is 18.4 Å². The molecule has 0 fully saturated rings. The van der Waals surface area contributed by atoms with E-state index < -0.39 is 48.6 Å². The Bertz CT molecular complexity index is 958. The van der Waals surface area contributed by atoms with Crippen LogP contribution in [0.1, 0.15) is 56.8 Å². The van der Waals surface area contributed by atoms with Crippen LogP contribution in [-0.2, 0) is 20.8 Å². The molecule has 1 N–H and O–H groups in total. The van der Waals surface area contributed by atoms with Crippen LogP contribution in [0.5, 0.6) is 0 Å². The van der Waals surface area contributed by atoms with Crippen LogP contribution in [0.2, 0.25) is 0 Å². The van der Waals surface area contributed by atoms with Gasteiger partial charge in [0.2, 0.25) is 5.91 Å². The number of hydrogen-bond donors (Lipinski definition) is 1. The van der Waals surface area contributed by atoms with Gasteiger partial charge in [0.25, 0.3) is 12.9 Å². The van der Waals surface area contributed by atoms with Crippen LogP contribution in [0.25, 0.3) is 0 Å². The first-order valence-corrected chi connectivity index (χ1v) is 9.24. The molecule has 0 aromatic carbocycles. The first-order valence-electron chi connectivity index (χ1n) is 8.43. The maximum atomic E-state index is 13.1. The van der Waals surface area contributed by atoms with Gasteiger partial charge in [0.1, 0.15) is 27.8 Å². The molecule has 0 aliphatic carbocycles. The number of alkyl halides is 4. The zero-order valence-corrected chi connectivity index (χ0v) is 16.8. The van der Waals surface area contributed by atoms with Gasteiger partial charge in [-0.3, -0.25) is 9.48 Å². The largest absolute Gasteiger partial charge is 0.465 e. The van der Waals surface area contributed by atoms with Crippen LogP contribution in [-0.4, -0.2) is 41.3 Å². The lowest BCUT2D eigenvalue weighted by atomic mass is 10.1. The minimum absolute atomic E-state index is 0.0416. The third-order valence-electron chi connectivity index (χ3n) is 3.82. The van der Waals surface area contributed by atoms with Crippen LogP contribution in [0.4, 0.5) is 22.6 Å². The molecule has 2 rings (SSSR count). The first-order chi connectivity index (χ1) is 14.1. The van der Waals surface area contributed by atoms with E-state index in [9.17, 15) is 31.9 Å². The Morgan fingerprint density at radius 1 is 1.20 bits per heavy atom. The fraction of sp³-hybridized carbons (Fsp3) is 0.412. The Balaban J connectivity index is 2.33. The Kier molecular flexibility index (Phi) is 7.54. The quantitative estimate of drug-likeness (QED) is 0.485. The van der Waals surface area contributed by atoms with E-state index in [1.54, 1.807) is 6.92 Å². The van der Waals surface area contributed by atoms with Crippen LogP contribution < -0.4 is 5.32 Å². The highest BCUT2D eigenvalue weighted by atomic mass is 32.1. The Morgan fingerprint density at radius 2 is 1.87 bits per heavy atom. The summed E-state index contributed by atoms with van der Waals surface area (Å²) in [5, 5.41) is 5.56. The summed E-state index contributed by atoms with van der Waals surface area (Å²) in [5.74, 6) is -2.50. The van der Waals surface area contributed by atoms with E-state index in [1.165, 1.54) is 6.92 Å². The minimum atomic E-state index is -3.14. The molecule has 0 unspecified atom stereocenters. The highest BCUT2D eigenvalue weighted by molar-refractivity contribution is 7.18. The van der Waals surface area contributed by atoms with E-state index in [-0.39, 0.29) is 27.6 Å². The van der Waals surface area contributed by atoms with Gasteiger partial charge < -0.3 is 14.8 Å². The predicted molar refractivity (Wildman–Crippen MR) is 97.1 cm³/mol. The van der Waals surface area contributed by atoms with Crippen LogP contribution >= 0.6 is 11.3 Å². The van der Waals surface area contributed by atoms with Gasteiger partial charge in [-0.1, -0.05) is 0 Å². The normalized spacial score (nSPS) is 11.1. The van der Waals surface area contributed by atoms with E-state index in [2.05, 4.69) is 15.2 Å². The summed E-state index contributed by atoms with van der Waals surface area (Å²) in [7, 11) is 1.10. The molecule has 8 nitrogen and oxygen atoms in total. The molecule has 13 heteroatoms. The van der Waals surface area contributed by atoms with Crippen molar-refractivity contribution in [2.24, 2.45) is 0 Å². The highest BCUT2D eigenvalue weighted by Gasteiger charge is 2.28. The number of ether oxygens (including phenoxy) is 2. The van der Waals surface area contributed by atoms with E-state index in [0.29, 0.717) is 10.7 Å². The topological polar surface area (TPSA) is 99.5 Å². The van der Waals surface area contributed by atoms with Gasteiger partial charge in [0, 0.05) is 0 Å². The number of halogens is 4. The van der Waals surface area contributed by atoms with Gasteiger partial charge in [-0.15, -0.1) is 11.3 Å². The van der Waals surface area contributed by atoms with Crippen molar-refractivity contribution in [1.82, 2.24) is 9.78 Å². The van der Waals surface area contributed by atoms with E-state index >= 15 is 0 Å². The summed E-state index contributed by atoms with van der Waals surface area (Å²) in [6.07, 6.45) is -6.23. The monoisotopic (exact) mass is 451 g/mol. The predicted octanol–water partition coefficient (Wildman–Crippen LogP) is 3.73. The van der Waals surface area contributed by atoms with Crippen molar-refractivity contribution in [2.75, 3.05) is 19.0 Å². The first kappa shape index (κ1) is 23.3. The molecule has 164 valence electrons. The molecular formula is C17H17F4N3O5S. The van der Waals surface area contributed by atoms with Crippen LogP contribution in [0, 0.1) is 6.92 Å².